The molecule has 1 saturated heterocycles. The Morgan fingerprint density at radius 2 is 1.70 bits per heavy atom. The van der Waals surface area contributed by atoms with E-state index < -0.39 is 17.4 Å². The molecular formula is C15H21NO4. The molecule has 1 aliphatic heterocycles. The second-order valence-corrected chi connectivity index (χ2v) is 6.68. The Kier molecular flexibility index (Phi) is 3.71. The van der Waals surface area contributed by atoms with Crippen LogP contribution in [0.5, 0.6) is 0 Å². The first-order valence-corrected chi connectivity index (χ1v) is 6.97. The third-order valence-corrected chi connectivity index (χ3v) is 4.22. The van der Waals surface area contributed by atoms with E-state index in [1.54, 1.807) is 0 Å². The number of fused-ring (bicyclic) bond motifs is 1. The fourth-order valence-electron chi connectivity index (χ4n) is 3.08. The van der Waals surface area contributed by atoms with Gasteiger partial charge in [-0.05, 0) is 18.3 Å². The van der Waals surface area contributed by atoms with E-state index >= 15 is 0 Å². The SMILES string of the molecule is CC(C)(C)C(CC(=O)O)N1C(=O)C2CC=CCC2C1=O. The molecule has 0 radical (unpaired) electrons. The second kappa shape index (κ2) is 5.04. The summed E-state index contributed by atoms with van der Waals surface area (Å²) < 4.78 is 0. The lowest BCUT2D eigenvalue weighted by Gasteiger charge is -2.36. The molecule has 2 rings (SSSR count). The highest BCUT2D eigenvalue weighted by Crippen LogP contribution is 2.40. The van der Waals surface area contributed by atoms with Crippen LogP contribution in [0.2, 0.25) is 0 Å². The predicted octanol–water partition coefficient (Wildman–Crippen LogP) is 1.83. The number of hydrogen-bond donors (Lipinski definition) is 1. The smallest absolute Gasteiger partial charge is 0.305 e. The summed E-state index contributed by atoms with van der Waals surface area (Å²) in [5.41, 5.74) is -0.454. The molecule has 5 heteroatoms. The third-order valence-electron chi connectivity index (χ3n) is 4.22. The van der Waals surface area contributed by atoms with Crippen LogP contribution < -0.4 is 0 Å². The Morgan fingerprint density at radius 1 is 1.25 bits per heavy atom. The normalized spacial score (nSPS) is 27.6. The molecule has 3 unspecified atom stereocenters. The van der Waals surface area contributed by atoms with Gasteiger partial charge in [-0.25, -0.2) is 0 Å². The molecule has 20 heavy (non-hydrogen) atoms. The van der Waals surface area contributed by atoms with Gasteiger partial charge in [-0.3, -0.25) is 19.3 Å². The molecule has 110 valence electrons. The number of carbonyl (C=O) groups excluding carboxylic acids is 2. The van der Waals surface area contributed by atoms with Gasteiger partial charge in [0.1, 0.15) is 0 Å². The Balaban J connectivity index is 2.32. The lowest BCUT2D eigenvalue weighted by atomic mass is 9.83. The molecule has 0 aromatic rings. The number of carboxylic acids is 1. The molecule has 1 fully saturated rings. The molecule has 1 heterocycles. The maximum atomic E-state index is 12.5. The zero-order chi connectivity index (χ0) is 15.1. The first-order valence-electron chi connectivity index (χ1n) is 6.97. The topological polar surface area (TPSA) is 74.7 Å². The number of nitrogens with zero attached hydrogens (tertiary/aromatic N) is 1. The van der Waals surface area contributed by atoms with E-state index in [0.717, 1.165) is 0 Å². The maximum absolute atomic E-state index is 12.5. The number of likely N-dealkylation sites (tertiary alicyclic amines) is 1. The van der Waals surface area contributed by atoms with Crippen molar-refractivity contribution in [1.29, 1.82) is 0 Å². The van der Waals surface area contributed by atoms with E-state index in [1.807, 2.05) is 32.9 Å². The number of imide groups is 1. The fourth-order valence-corrected chi connectivity index (χ4v) is 3.08. The molecule has 2 amide bonds. The van der Waals surface area contributed by atoms with Crippen LogP contribution >= 0.6 is 0 Å². The lowest BCUT2D eigenvalue weighted by Crippen LogP contribution is -2.49. The number of carboxylic acid groups (broad SMARTS) is 1. The summed E-state index contributed by atoms with van der Waals surface area (Å²) in [6, 6.07) is -0.592. The Morgan fingerprint density at radius 3 is 2.05 bits per heavy atom. The van der Waals surface area contributed by atoms with Crippen LogP contribution in [0.15, 0.2) is 12.2 Å². The van der Waals surface area contributed by atoms with Crippen molar-refractivity contribution in [3.8, 4) is 0 Å². The average Bonchev–Trinajstić information content (AvgIpc) is 2.59. The quantitative estimate of drug-likeness (QED) is 0.631. The third kappa shape index (κ3) is 2.49. The Labute approximate surface area is 118 Å². The van der Waals surface area contributed by atoms with Gasteiger partial charge >= 0.3 is 5.97 Å². The van der Waals surface area contributed by atoms with E-state index in [9.17, 15) is 14.4 Å². The summed E-state index contributed by atoms with van der Waals surface area (Å²) in [6.07, 6.45) is 4.82. The number of amides is 2. The van der Waals surface area contributed by atoms with Crippen LogP contribution in [-0.2, 0) is 14.4 Å². The highest BCUT2D eigenvalue weighted by atomic mass is 16.4. The highest BCUT2D eigenvalue weighted by molar-refractivity contribution is 6.06. The largest absolute Gasteiger partial charge is 0.481 e. The van der Waals surface area contributed by atoms with Gasteiger partial charge in [-0.2, -0.15) is 0 Å². The fraction of sp³-hybridized carbons (Fsp3) is 0.667. The van der Waals surface area contributed by atoms with Crippen LogP contribution in [0.3, 0.4) is 0 Å². The van der Waals surface area contributed by atoms with E-state index in [-0.39, 0.29) is 30.1 Å². The molecule has 5 nitrogen and oxygen atoms in total. The van der Waals surface area contributed by atoms with Gasteiger partial charge in [0, 0.05) is 0 Å². The van der Waals surface area contributed by atoms with Crippen LogP contribution in [0.4, 0.5) is 0 Å². The lowest BCUT2D eigenvalue weighted by molar-refractivity contribution is -0.148. The minimum Gasteiger partial charge on any atom is -0.481 e. The van der Waals surface area contributed by atoms with Crippen molar-refractivity contribution in [3.63, 3.8) is 0 Å². The van der Waals surface area contributed by atoms with Crippen molar-refractivity contribution in [3.05, 3.63) is 12.2 Å². The van der Waals surface area contributed by atoms with E-state index in [0.29, 0.717) is 12.8 Å². The summed E-state index contributed by atoms with van der Waals surface area (Å²) in [7, 11) is 0. The molecular weight excluding hydrogens is 258 g/mol. The molecule has 3 atom stereocenters. The molecule has 2 aliphatic rings. The number of allylic oxidation sites excluding steroid dienone is 2. The van der Waals surface area contributed by atoms with Crippen molar-refractivity contribution >= 4 is 17.8 Å². The number of hydrogen-bond acceptors (Lipinski definition) is 3. The first-order chi connectivity index (χ1) is 9.23. The summed E-state index contributed by atoms with van der Waals surface area (Å²) >= 11 is 0. The Hall–Kier alpha value is -1.65. The van der Waals surface area contributed by atoms with Crippen molar-refractivity contribution in [2.24, 2.45) is 17.3 Å². The van der Waals surface area contributed by atoms with E-state index in [2.05, 4.69) is 0 Å². The average molecular weight is 279 g/mol. The number of aliphatic carboxylic acids is 1. The maximum Gasteiger partial charge on any atom is 0.305 e. The van der Waals surface area contributed by atoms with Crippen LogP contribution in [0.25, 0.3) is 0 Å². The molecule has 0 aromatic heterocycles. The molecule has 0 saturated carbocycles. The summed E-state index contributed by atoms with van der Waals surface area (Å²) in [5, 5.41) is 9.08. The van der Waals surface area contributed by atoms with Gasteiger partial charge in [-0.1, -0.05) is 32.9 Å². The van der Waals surface area contributed by atoms with Gasteiger partial charge in [0.15, 0.2) is 0 Å². The molecule has 1 aliphatic carbocycles. The monoisotopic (exact) mass is 279 g/mol. The van der Waals surface area contributed by atoms with Gasteiger partial charge in [0.25, 0.3) is 0 Å². The van der Waals surface area contributed by atoms with E-state index in [4.69, 9.17) is 5.11 Å². The molecule has 0 aromatic carbocycles. The molecule has 0 bridgehead atoms. The van der Waals surface area contributed by atoms with Gasteiger partial charge < -0.3 is 5.11 Å². The minimum absolute atomic E-state index is 0.201. The van der Waals surface area contributed by atoms with Crippen molar-refractivity contribution in [2.75, 3.05) is 0 Å². The van der Waals surface area contributed by atoms with Gasteiger partial charge in [0.05, 0.1) is 24.3 Å². The summed E-state index contributed by atoms with van der Waals surface area (Å²) in [4.78, 5) is 37.3. The molecule has 0 spiro atoms. The Bertz CT molecular complexity index is 449. The second-order valence-electron chi connectivity index (χ2n) is 6.68. The zero-order valence-corrected chi connectivity index (χ0v) is 12.1. The van der Waals surface area contributed by atoms with Crippen LogP contribution in [-0.4, -0.2) is 33.8 Å². The summed E-state index contributed by atoms with van der Waals surface area (Å²) in [6.45, 7) is 5.59. The van der Waals surface area contributed by atoms with Gasteiger partial charge in [0.2, 0.25) is 11.8 Å². The van der Waals surface area contributed by atoms with Crippen LogP contribution in [0, 0.1) is 17.3 Å². The summed E-state index contributed by atoms with van der Waals surface area (Å²) in [5.74, 6) is -1.99. The van der Waals surface area contributed by atoms with Gasteiger partial charge in [-0.15, -0.1) is 0 Å². The van der Waals surface area contributed by atoms with E-state index in [1.165, 1.54) is 4.90 Å². The zero-order valence-electron chi connectivity index (χ0n) is 12.1. The first kappa shape index (κ1) is 14.8. The van der Waals surface area contributed by atoms with Crippen LogP contribution in [0.1, 0.15) is 40.0 Å². The standard InChI is InChI=1S/C15H21NO4/c1-15(2,3)11(8-12(17)18)16-13(19)9-6-4-5-7-10(9)14(16)20/h4-5,9-11H,6-8H2,1-3H3,(H,17,18). The predicted molar refractivity (Wildman–Crippen MR) is 72.7 cm³/mol. The number of rotatable bonds is 3. The van der Waals surface area contributed by atoms with Crippen molar-refractivity contribution < 1.29 is 19.5 Å². The molecule has 1 N–H and O–H groups in total. The number of carbonyl (C=O) groups is 3. The highest BCUT2D eigenvalue weighted by Gasteiger charge is 2.52. The minimum atomic E-state index is -0.987. The van der Waals surface area contributed by atoms with Crippen molar-refractivity contribution in [2.45, 2.75) is 46.1 Å². The van der Waals surface area contributed by atoms with Crippen molar-refractivity contribution in [1.82, 2.24) is 4.90 Å².